The summed E-state index contributed by atoms with van der Waals surface area (Å²) in [5.74, 6) is -0.721. The van der Waals surface area contributed by atoms with E-state index in [-0.39, 0.29) is 5.82 Å². The molecule has 3 N–H and O–H groups in total. The highest BCUT2D eigenvalue weighted by Gasteiger charge is 2.26. The van der Waals surface area contributed by atoms with Gasteiger partial charge in [0, 0.05) is 19.6 Å². The van der Waals surface area contributed by atoms with Gasteiger partial charge in [-0.1, -0.05) is 12.1 Å². The van der Waals surface area contributed by atoms with Gasteiger partial charge in [-0.25, -0.2) is 4.39 Å². The van der Waals surface area contributed by atoms with Crippen LogP contribution in [0.4, 0.5) is 4.39 Å². The van der Waals surface area contributed by atoms with Crippen LogP contribution in [0.3, 0.4) is 0 Å². The Bertz CT molecular complexity index is 456. The number of nitrogens with one attached hydrogen (secondary N) is 1. The first-order chi connectivity index (χ1) is 9.09. The van der Waals surface area contributed by atoms with E-state index >= 15 is 0 Å². The van der Waals surface area contributed by atoms with Crippen molar-refractivity contribution in [1.82, 2.24) is 10.2 Å². The molecule has 0 saturated carbocycles. The molecule has 0 radical (unpaired) electrons. The standard InChI is InChI=1S/C14H20FN3O/c1-10-3-4-11(9-12(10)15)13(14(16)19)18-7-2-5-17-6-8-18/h3-4,9,13,17H,2,5-8H2,1H3,(H2,16,19). The Balaban J connectivity index is 2.27. The van der Waals surface area contributed by atoms with E-state index in [0.29, 0.717) is 11.1 Å². The predicted octanol–water partition coefficient (Wildman–Crippen LogP) is 0.956. The maximum absolute atomic E-state index is 13.7. The van der Waals surface area contributed by atoms with Crippen molar-refractivity contribution in [2.75, 3.05) is 26.2 Å². The predicted molar refractivity (Wildman–Crippen MR) is 72.1 cm³/mol. The van der Waals surface area contributed by atoms with Crippen molar-refractivity contribution in [2.45, 2.75) is 19.4 Å². The normalized spacial score (nSPS) is 18.8. The number of carbonyl (C=O) groups is 1. The van der Waals surface area contributed by atoms with Crippen molar-refractivity contribution in [2.24, 2.45) is 5.73 Å². The molecule has 1 aliphatic heterocycles. The maximum Gasteiger partial charge on any atom is 0.239 e. The fraction of sp³-hybridized carbons (Fsp3) is 0.500. The number of aryl methyl sites for hydroxylation is 1. The van der Waals surface area contributed by atoms with Crippen molar-refractivity contribution in [3.8, 4) is 0 Å². The molecule has 1 fully saturated rings. The van der Waals surface area contributed by atoms with E-state index in [1.54, 1.807) is 19.1 Å². The number of carbonyl (C=O) groups excluding carboxylic acids is 1. The quantitative estimate of drug-likeness (QED) is 0.855. The molecule has 4 nitrogen and oxygen atoms in total. The van der Waals surface area contributed by atoms with Gasteiger partial charge in [0.1, 0.15) is 11.9 Å². The van der Waals surface area contributed by atoms with Crippen LogP contribution in [0.25, 0.3) is 0 Å². The summed E-state index contributed by atoms with van der Waals surface area (Å²) in [6.07, 6.45) is 0.956. The molecule has 1 amide bonds. The summed E-state index contributed by atoms with van der Waals surface area (Å²) < 4.78 is 13.7. The van der Waals surface area contributed by atoms with Crippen LogP contribution in [0, 0.1) is 12.7 Å². The van der Waals surface area contributed by atoms with Gasteiger partial charge in [-0.15, -0.1) is 0 Å². The second-order valence-corrected chi connectivity index (χ2v) is 4.95. The molecule has 1 aromatic rings. The SMILES string of the molecule is Cc1ccc(C(C(N)=O)N2CCCNCC2)cc1F. The second kappa shape index (κ2) is 6.12. The zero-order valence-electron chi connectivity index (χ0n) is 11.2. The summed E-state index contributed by atoms with van der Waals surface area (Å²) in [5.41, 5.74) is 6.73. The smallest absolute Gasteiger partial charge is 0.239 e. The van der Waals surface area contributed by atoms with Crippen molar-refractivity contribution in [1.29, 1.82) is 0 Å². The van der Waals surface area contributed by atoms with Crippen LogP contribution in [-0.2, 0) is 4.79 Å². The number of amides is 1. The maximum atomic E-state index is 13.7. The van der Waals surface area contributed by atoms with E-state index < -0.39 is 11.9 Å². The minimum absolute atomic E-state index is 0.295. The van der Waals surface area contributed by atoms with Crippen molar-refractivity contribution in [3.63, 3.8) is 0 Å². The first-order valence-electron chi connectivity index (χ1n) is 6.59. The molecule has 1 atom stereocenters. The summed E-state index contributed by atoms with van der Waals surface area (Å²) in [6.45, 7) is 4.98. The van der Waals surface area contributed by atoms with E-state index in [1.807, 2.05) is 4.90 Å². The fourth-order valence-electron chi connectivity index (χ4n) is 2.46. The third kappa shape index (κ3) is 3.30. The molecule has 19 heavy (non-hydrogen) atoms. The summed E-state index contributed by atoms with van der Waals surface area (Å²) in [7, 11) is 0. The number of nitrogens with zero attached hydrogens (tertiary/aromatic N) is 1. The number of hydrogen-bond acceptors (Lipinski definition) is 3. The van der Waals surface area contributed by atoms with Crippen LogP contribution in [0.2, 0.25) is 0 Å². The number of nitrogens with two attached hydrogens (primary N) is 1. The third-order valence-corrected chi connectivity index (χ3v) is 3.52. The van der Waals surface area contributed by atoms with Gasteiger partial charge in [-0.3, -0.25) is 9.69 Å². The number of rotatable bonds is 3. The largest absolute Gasteiger partial charge is 0.368 e. The Labute approximate surface area is 112 Å². The van der Waals surface area contributed by atoms with Crippen molar-refractivity contribution >= 4 is 5.91 Å². The number of halogens is 1. The Hall–Kier alpha value is -1.46. The monoisotopic (exact) mass is 265 g/mol. The van der Waals surface area contributed by atoms with Gasteiger partial charge in [0.25, 0.3) is 0 Å². The molecule has 0 bridgehead atoms. The van der Waals surface area contributed by atoms with Gasteiger partial charge in [0.2, 0.25) is 5.91 Å². The van der Waals surface area contributed by atoms with Crippen LogP contribution < -0.4 is 11.1 Å². The molecule has 1 unspecified atom stereocenters. The average Bonchev–Trinajstić information content (AvgIpc) is 2.62. The summed E-state index contributed by atoms with van der Waals surface area (Å²) in [5, 5.41) is 3.28. The van der Waals surface area contributed by atoms with E-state index in [9.17, 15) is 9.18 Å². The highest BCUT2D eigenvalue weighted by atomic mass is 19.1. The lowest BCUT2D eigenvalue weighted by atomic mass is 10.0. The van der Waals surface area contributed by atoms with Crippen LogP contribution in [0.5, 0.6) is 0 Å². The summed E-state index contributed by atoms with van der Waals surface area (Å²) in [4.78, 5) is 13.8. The van der Waals surface area contributed by atoms with E-state index in [4.69, 9.17) is 5.73 Å². The molecular formula is C14H20FN3O. The minimum Gasteiger partial charge on any atom is -0.368 e. The molecule has 0 aromatic heterocycles. The molecule has 0 aliphatic carbocycles. The number of primary amides is 1. The number of benzene rings is 1. The molecule has 104 valence electrons. The molecule has 1 heterocycles. The molecule has 1 aliphatic rings. The van der Waals surface area contributed by atoms with Crippen LogP contribution >= 0.6 is 0 Å². The van der Waals surface area contributed by atoms with Crippen LogP contribution in [0.1, 0.15) is 23.6 Å². The highest BCUT2D eigenvalue weighted by Crippen LogP contribution is 2.23. The summed E-state index contributed by atoms with van der Waals surface area (Å²) >= 11 is 0. The first kappa shape index (κ1) is 14.0. The third-order valence-electron chi connectivity index (χ3n) is 3.52. The Kier molecular flexibility index (Phi) is 4.50. The lowest BCUT2D eigenvalue weighted by Gasteiger charge is -2.28. The van der Waals surface area contributed by atoms with E-state index in [1.165, 1.54) is 6.07 Å². The molecule has 2 rings (SSSR count). The van der Waals surface area contributed by atoms with Crippen LogP contribution in [-0.4, -0.2) is 37.0 Å². The van der Waals surface area contributed by atoms with Gasteiger partial charge in [0.05, 0.1) is 0 Å². The Morgan fingerprint density at radius 2 is 2.21 bits per heavy atom. The van der Waals surface area contributed by atoms with Crippen LogP contribution in [0.15, 0.2) is 18.2 Å². The molecule has 5 heteroatoms. The fourth-order valence-corrected chi connectivity index (χ4v) is 2.46. The molecule has 1 aromatic carbocycles. The van der Waals surface area contributed by atoms with Gasteiger partial charge in [-0.2, -0.15) is 0 Å². The Morgan fingerprint density at radius 3 is 2.89 bits per heavy atom. The van der Waals surface area contributed by atoms with Crippen molar-refractivity contribution in [3.05, 3.63) is 35.1 Å². The lowest BCUT2D eigenvalue weighted by Crippen LogP contribution is -2.39. The zero-order chi connectivity index (χ0) is 13.8. The van der Waals surface area contributed by atoms with E-state index in [2.05, 4.69) is 5.32 Å². The van der Waals surface area contributed by atoms with E-state index in [0.717, 1.165) is 32.6 Å². The van der Waals surface area contributed by atoms with Crippen molar-refractivity contribution < 1.29 is 9.18 Å². The second-order valence-electron chi connectivity index (χ2n) is 4.95. The molecule has 1 saturated heterocycles. The number of hydrogen-bond donors (Lipinski definition) is 2. The average molecular weight is 265 g/mol. The first-order valence-corrected chi connectivity index (χ1v) is 6.59. The molecular weight excluding hydrogens is 245 g/mol. The molecule has 0 spiro atoms. The summed E-state index contributed by atoms with van der Waals surface area (Å²) in [6, 6.07) is 4.35. The Morgan fingerprint density at radius 1 is 1.42 bits per heavy atom. The van der Waals surface area contributed by atoms with Gasteiger partial charge in [-0.05, 0) is 37.1 Å². The zero-order valence-corrected chi connectivity index (χ0v) is 11.2. The lowest BCUT2D eigenvalue weighted by molar-refractivity contribution is -0.123. The highest BCUT2D eigenvalue weighted by molar-refractivity contribution is 5.81. The van der Waals surface area contributed by atoms with Gasteiger partial charge >= 0.3 is 0 Å². The van der Waals surface area contributed by atoms with Gasteiger partial charge in [0.15, 0.2) is 0 Å². The van der Waals surface area contributed by atoms with Gasteiger partial charge < -0.3 is 11.1 Å². The topological polar surface area (TPSA) is 58.4 Å². The minimum atomic E-state index is -0.546.